The summed E-state index contributed by atoms with van der Waals surface area (Å²) >= 11 is 2.56. The molecule has 118 valence electrons. The van der Waals surface area contributed by atoms with Crippen LogP contribution < -0.4 is 5.32 Å². The molecule has 0 saturated heterocycles. The second kappa shape index (κ2) is 8.19. The van der Waals surface area contributed by atoms with E-state index in [-0.39, 0.29) is 5.91 Å². The average Bonchev–Trinajstić information content (AvgIpc) is 2.89. The van der Waals surface area contributed by atoms with E-state index in [4.69, 9.17) is 0 Å². The molecule has 1 aromatic carbocycles. The van der Waals surface area contributed by atoms with Crippen molar-refractivity contribution >= 4 is 34.1 Å². The first-order valence-corrected chi connectivity index (χ1v) is 8.58. The lowest BCUT2D eigenvalue weighted by Gasteiger charge is -2.00. The molecule has 1 heterocycles. The largest absolute Gasteiger partial charge is 0.301 e. The van der Waals surface area contributed by atoms with Crippen LogP contribution in [0.15, 0.2) is 22.5 Å². The van der Waals surface area contributed by atoms with Crippen molar-refractivity contribution in [3.63, 3.8) is 0 Å². The zero-order valence-corrected chi connectivity index (χ0v) is 13.6. The molecule has 1 aromatic heterocycles. The summed E-state index contributed by atoms with van der Waals surface area (Å²) in [5, 5.41) is 10.9. The summed E-state index contributed by atoms with van der Waals surface area (Å²) in [5.41, 5.74) is 0.534. The number of aromatic nitrogens is 2. The number of rotatable bonds is 7. The Morgan fingerprint density at radius 1 is 1.27 bits per heavy atom. The molecule has 0 bridgehead atoms. The number of halogens is 2. The molecular weight excluding hydrogens is 328 g/mol. The topological polar surface area (TPSA) is 54.9 Å². The quantitative estimate of drug-likeness (QED) is 0.603. The lowest BCUT2D eigenvalue weighted by molar-refractivity contribution is -0.116. The number of hydrogen-bond acceptors (Lipinski definition) is 5. The fourth-order valence-corrected chi connectivity index (χ4v) is 3.38. The molecule has 0 spiro atoms. The predicted molar refractivity (Wildman–Crippen MR) is 84.0 cm³/mol. The number of hydrogen-bond donors (Lipinski definition) is 1. The van der Waals surface area contributed by atoms with Crippen molar-refractivity contribution in [3.8, 4) is 0 Å². The highest BCUT2D eigenvalue weighted by Gasteiger charge is 2.09. The first-order valence-electron chi connectivity index (χ1n) is 6.78. The van der Waals surface area contributed by atoms with Gasteiger partial charge in [-0.2, -0.15) is 0 Å². The highest BCUT2D eigenvalue weighted by atomic mass is 32.2. The van der Waals surface area contributed by atoms with Gasteiger partial charge in [-0.3, -0.25) is 4.79 Å². The molecule has 0 radical (unpaired) electrons. The smallest absolute Gasteiger partial charge is 0.226 e. The highest BCUT2D eigenvalue weighted by molar-refractivity contribution is 8.00. The van der Waals surface area contributed by atoms with Crippen LogP contribution in [-0.4, -0.2) is 16.1 Å². The third kappa shape index (κ3) is 5.34. The third-order valence-corrected chi connectivity index (χ3v) is 4.74. The average molecular weight is 343 g/mol. The van der Waals surface area contributed by atoms with Gasteiger partial charge in [0.1, 0.15) is 11.6 Å². The van der Waals surface area contributed by atoms with E-state index in [1.807, 2.05) is 6.92 Å². The zero-order chi connectivity index (χ0) is 15.9. The molecule has 0 fully saturated rings. The number of amides is 1. The van der Waals surface area contributed by atoms with Crippen molar-refractivity contribution in [1.82, 2.24) is 10.2 Å². The Bertz CT molecular complexity index is 629. The fraction of sp³-hybridized carbons (Fsp3) is 0.357. The molecule has 0 aliphatic carbocycles. The normalized spacial score (nSPS) is 10.7. The summed E-state index contributed by atoms with van der Waals surface area (Å²) in [6, 6.07) is 3.40. The monoisotopic (exact) mass is 343 g/mol. The third-order valence-electron chi connectivity index (χ3n) is 2.69. The summed E-state index contributed by atoms with van der Waals surface area (Å²) in [7, 11) is 0. The van der Waals surface area contributed by atoms with Crippen LogP contribution in [0.3, 0.4) is 0 Å². The summed E-state index contributed by atoms with van der Waals surface area (Å²) in [4.78, 5) is 11.6. The fourth-order valence-electron chi connectivity index (χ4n) is 1.68. The van der Waals surface area contributed by atoms with Gasteiger partial charge in [-0.1, -0.05) is 36.4 Å². The Morgan fingerprint density at radius 3 is 2.68 bits per heavy atom. The maximum atomic E-state index is 13.1. The molecular formula is C14H15F2N3OS2. The minimum atomic E-state index is -0.600. The van der Waals surface area contributed by atoms with E-state index in [1.54, 1.807) is 0 Å². The van der Waals surface area contributed by atoms with Gasteiger partial charge in [0.15, 0.2) is 4.34 Å². The van der Waals surface area contributed by atoms with Gasteiger partial charge >= 0.3 is 0 Å². The lowest BCUT2D eigenvalue weighted by atomic mass is 10.2. The Kier molecular flexibility index (Phi) is 6.26. The predicted octanol–water partition coefficient (Wildman–Crippen LogP) is 4.24. The van der Waals surface area contributed by atoms with E-state index in [9.17, 15) is 13.6 Å². The SMILES string of the molecule is CCCCC(=O)Nc1nnc(SCc2cc(F)cc(F)c2)s1. The molecule has 0 aliphatic heterocycles. The van der Waals surface area contributed by atoms with Crippen LogP contribution in [0.25, 0.3) is 0 Å². The standard InChI is InChI=1S/C14H15F2N3OS2/c1-2-3-4-12(20)17-13-18-19-14(22-13)21-8-9-5-10(15)7-11(16)6-9/h5-7H,2-4,8H2,1H3,(H,17,18,20). The highest BCUT2D eigenvalue weighted by Crippen LogP contribution is 2.28. The molecule has 0 atom stereocenters. The summed E-state index contributed by atoms with van der Waals surface area (Å²) in [5.74, 6) is -0.900. The Morgan fingerprint density at radius 2 is 2.00 bits per heavy atom. The van der Waals surface area contributed by atoms with E-state index in [0.29, 0.717) is 27.2 Å². The summed E-state index contributed by atoms with van der Waals surface area (Å²) in [6.07, 6.45) is 2.24. The first kappa shape index (κ1) is 16.8. The van der Waals surface area contributed by atoms with Gasteiger partial charge in [0.25, 0.3) is 0 Å². The van der Waals surface area contributed by atoms with Crippen molar-refractivity contribution in [3.05, 3.63) is 35.4 Å². The van der Waals surface area contributed by atoms with Crippen LogP contribution in [0.2, 0.25) is 0 Å². The van der Waals surface area contributed by atoms with Crippen LogP contribution in [0.5, 0.6) is 0 Å². The van der Waals surface area contributed by atoms with E-state index in [2.05, 4.69) is 15.5 Å². The van der Waals surface area contributed by atoms with Gasteiger partial charge < -0.3 is 5.32 Å². The van der Waals surface area contributed by atoms with Gasteiger partial charge in [-0.25, -0.2) is 8.78 Å². The molecule has 2 rings (SSSR count). The van der Waals surface area contributed by atoms with Gasteiger partial charge in [-0.05, 0) is 24.1 Å². The summed E-state index contributed by atoms with van der Waals surface area (Å²) in [6.45, 7) is 2.02. The molecule has 8 heteroatoms. The van der Waals surface area contributed by atoms with Crippen LogP contribution in [0, 0.1) is 11.6 Å². The van der Waals surface area contributed by atoms with Crippen molar-refractivity contribution in [2.24, 2.45) is 0 Å². The molecule has 22 heavy (non-hydrogen) atoms. The van der Waals surface area contributed by atoms with Crippen LogP contribution in [-0.2, 0) is 10.5 Å². The van der Waals surface area contributed by atoms with Crippen LogP contribution in [0.4, 0.5) is 13.9 Å². The van der Waals surface area contributed by atoms with Crippen molar-refractivity contribution < 1.29 is 13.6 Å². The Hall–Kier alpha value is -1.54. The van der Waals surface area contributed by atoms with Gasteiger partial charge in [0, 0.05) is 18.2 Å². The maximum absolute atomic E-state index is 13.1. The minimum Gasteiger partial charge on any atom is -0.301 e. The van der Waals surface area contributed by atoms with Crippen LogP contribution >= 0.6 is 23.1 Å². The molecule has 0 unspecified atom stereocenters. The minimum absolute atomic E-state index is 0.0817. The van der Waals surface area contributed by atoms with Gasteiger partial charge in [0.2, 0.25) is 11.0 Å². The number of carbonyl (C=O) groups excluding carboxylic acids is 1. The van der Waals surface area contributed by atoms with Gasteiger partial charge in [0.05, 0.1) is 0 Å². The van der Waals surface area contributed by atoms with Crippen molar-refractivity contribution in [1.29, 1.82) is 0 Å². The summed E-state index contributed by atoms with van der Waals surface area (Å²) < 4.78 is 26.8. The Labute approximate surface area is 135 Å². The number of nitrogens with one attached hydrogen (secondary N) is 1. The molecule has 0 aliphatic rings. The second-order valence-corrected chi connectivity index (χ2v) is 6.79. The van der Waals surface area contributed by atoms with Crippen LogP contribution in [0.1, 0.15) is 31.7 Å². The first-order chi connectivity index (χ1) is 10.6. The number of carbonyl (C=O) groups is 1. The van der Waals surface area contributed by atoms with Gasteiger partial charge in [-0.15, -0.1) is 10.2 Å². The molecule has 1 amide bonds. The molecule has 0 saturated carbocycles. The molecule has 2 aromatic rings. The van der Waals surface area contributed by atoms with E-state index in [0.717, 1.165) is 18.9 Å². The number of benzene rings is 1. The maximum Gasteiger partial charge on any atom is 0.226 e. The number of thioether (sulfide) groups is 1. The van der Waals surface area contributed by atoms with Crippen molar-refractivity contribution in [2.75, 3.05) is 5.32 Å². The van der Waals surface area contributed by atoms with E-state index >= 15 is 0 Å². The number of unbranched alkanes of at least 4 members (excludes halogenated alkanes) is 1. The van der Waals surface area contributed by atoms with E-state index in [1.165, 1.54) is 35.2 Å². The van der Waals surface area contributed by atoms with E-state index < -0.39 is 11.6 Å². The number of anilines is 1. The zero-order valence-electron chi connectivity index (χ0n) is 11.9. The molecule has 4 nitrogen and oxygen atoms in total. The van der Waals surface area contributed by atoms with Crippen molar-refractivity contribution in [2.45, 2.75) is 36.3 Å². The Balaban J connectivity index is 1.88. The second-order valence-electron chi connectivity index (χ2n) is 4.59. The lowest BCUT2D eigenvalue weighted by Crippen LogP contribution is -2.10. The number of nitrogens with zero attached hydrogens (tertiary/aromatic N) is 2. The molecule has 1 N–H and O–H groups in total.